The molecule has 1 aromatic heterocycles. The normalized spacial score (nSPS) is 11.6. The molecule has 0 spiro atoms. The van der Waals surface area contributed by atoms with Gasteiger partial charge in [-0.1, -0.05) is 19.9 Å². The summed E-state index contributed by atoms with van der Waals surface area (Å²) in [5.74, 6) is -0.950. The highest BCUT2D eigenvalue weighted by Crippen LogP contribution is 2.23. The average Bonchev–Trinajstić information content (AvgIpc) is 2.65. The van der Waals surface area contributed by atoms with Gasteiger partial charge in [0.15, 0.2) is 0 Å². The van der Waals surface area contributed by atoms with Crippen molar-refractivity contribution in [3.05, 3.63) is 75.1 Å². The molecule has 0 aliphatic carbocycles. The third-order valence-electron chi connectivity index (χ3n) is 4.52. The summed E-state index contributed by atoms with van der Waals surface area (Å²) in [7, 11) is 0. The summed E-state index contributed by atoms with van der Waals surface area (Å²) in [5, 5.41) is 8.82. The molecule has 0 saturated carbocycles. The molecule has 0 saturated heterocycles. The van der Waals surface area contributed by atoms with E-state index >= 15 is 0 Å². The number of fused-ring (bicyclic) bond motifs is 1. The van der Waals surface area contributed by atoms with E-state index in [0.29, 0.717) is 11.5 Å². The van der Waals surface area contributed by atoms with Crippen molar-refractivity contribution in [2.24, 2.45) is 0 Å². The number of hydrogen-bond acceptors (Lipinski definition) is 4. The predicted octanol–water partition coefficient (Wildman–Crippen LogP) is 3.78. The van der Waals surface area contributed by atoms with Gasteiger partial charge in [0.25, 0.3) is 11.5 Å². The molecule has 3 aromatic rings. The lowest BCUT2D eigenvalue weighted by Gasteiger charge is -2.17. The fourth-order valence-corrected chi connectivity index (χ4v) is 3.29. The quantitative estimate of drug-likeness (QED) is 0.400. The zero-order valence-corrected chi connectivity index (χ0v) is 16.7. The topological polar surface area (TPSA) is 84.2 Å². The zero-order valence-electron chi connectivity index (χ0n) is 16.7. The van der Waals surface area contributed by atoms with Crippen molar-refractivity contribution in [3.63, 3.8) is 0 Å². The minimum atomic E-state index is -0.801. The van der Waals surface area contributed by atoms with Gasteiger partial charge in [-0.05, 0) is 49.2 Å². The smallest absolute Gasteiger partial charge is 0.267 e. The molecule has 29 heavy (non-hydrogen) atoms. The summed E-state index contributed by atoms with van der Waals surface area (Å²) in [6.45, 7) is 7.76. The molecule has 2 N–H and O–H groups in total. The first kappa shape index (κ1) is 20.4. The molecule has 2 aromatic carbocycles. The van der Waals surface area contributed by atoms with Crippen LogP contribution in [0.15, 0.2) is 41.2 Å². The lowest BCUT2D eigenvalue weighted by molar-refractivity contribution is -0.124. The maximum absolute atomic E-state index is 14.5. The Morgan fingerprint density at radius 3 is 2.41 bits per heavy atom. The predicted molar refractivity (Wildman–Crippen MR) is 110 cm³/mol. The highest BCUT2D eigenvalue weighted by molar-refractivity contribution is 5.91. The Labute approximate surface area is 167 Å². The Morgan fingerprint density at radius 1 is 1.17 bits per heavy atom. The SMILES string of the molecule is Cc1cc(C)cc(-n2c(C(C)C)nc3cc(F)c(/C=C/C(=O)NO)cc3c2=O)c1. The second-order valence-electron chi connectivity index (χ2n) is 7.31. The lowest BCUT2D eigenvalue weighted by atomic mass is 10.1. The second kappa shape index (κ2) is 7.97. The van der Waals surface area contributed by atoms with E-state index in [0.717, 1.165) is 17.2 Å². The van der Waals surface area contributed by atoms with Crippen molar-refractivity contribution in [2.45, 2.75) is 33.6 Å². The Hall–Kier alpha value is -3.32. The number of halogens is 1. The van der Waals surface area contributed by atoms with Crippen LogP contribution >= 0.6 is 0 Å². The standard InChI is InChI=1S/C22H22FN3O3/c1-12(2)21-24-19-11-18(23)15(5-6-20(27)25-29)10-17(19)22(28)26(21)16-8-13(3)7-14(4)9-16/h5-12,29H,1-4H3,(H,25,27)/b6-5+. The molecule has 0 radical (unpaired) electrons. The van der Waals surface area contributed by atoms with Crippen LogP contribution in [0.5, 0.6) is 0 Å². The van der Waals surface area contributed by atoms with E-state index in [2.05, 4.69) is 4.98 Å². The highest BCUT2D eigenvalue weighted by atomic mass is 19.1. The first-order valence-corrected chi connectivity index (χ1v) is 9.18. The molecule has 0 aliphatic rings. The maximum Gasteiger partial charge on any atom is 0.267 e. The zero-order chi connectivity index (χ0) is 21.3. The van der Waals surface area contributed by atoms with Crippen LogP contribution in [0.25, 0.3) is 22.7 Å². The third kappa shape index (κ3) is 4.09. The number of aromatic nitrogens is 2. The van der Waals surface area contributed by atoms with Crippen LogP contribution in [0, 0.1) is 19.7 Å². The monoisotopic (exact) mass is 395 g/mol. The number of nitrogens with one attached hydrogen (secondary N) is 1. The molecule has 1 amide bonds. The number of carbonyl (C=O) groups excluding carboxylic acids is 1. The van der Waals surface area contributed by atoms with Crippen LogP contribution in [0.3, 0.4) is 0 Å². The van der Waals surface area contributed by atoms with Crippen molar-refractivity contribution < 1.29 is 14.4 Å². The van der Waals surface area contributed by atoms with Gasteiger partial charge >= 0.3 is 0 Å². The van der Waals surface area contributed by atoms with Crippen LogP contribution in [0.2, 0.25) is 0 Å². The molecule has 150 valence electrons. The van der Waals surface area contributed by atoms with Gasteiger partial charge in [-0.3, -0.25) is 19.4 Å². The molecule has 0 atom stereocenters. The summed E-state index contributed by atoms with van der Waals surface area (Å²) in [6.07, 6.45) is 2.17. The van der Waals surface area contributed by atoms with Crippen LogP contribution in [0.1, 0.15) is 42.3 Å². The second-order valence-corrected chi connectivity index (χ2v) is 7.31. The number of carbonyl (C=O) groups is 1. The Bertz CT molecular complexity index is 1180. The van der Waals surface area contributed by atoms with Crippen molar-refractivity contribution in [1.82, 2.24) is 15.0 Å². The fourth-order valence-electron chi connectivity index (χ4n) is 3.29. The molecule has 0 aliphatic heterocycles. The molecule has 1 heterocycles. The number of nitrogens with zero attached hydrogens (tertiary/aromatic N) is 2. The van der Waals surface area contributed by atoms with E-state index < -0.39 is 11.7 Å². The van der Waals surface area contributed by atoms with Gasteiger partial charge in [-0.2, -0.15) is 0 Å². The summed E-state index contributed by atoms with van der Waals surface area (Å²) in [4.78, 5) is 29.2. The molecule has 7 heteroatoms. The van der Waals surface area contributed by atoms with Crippen LogP contribution < -0.4 is 11.0 Å². The number of benzene rings is 2. The maximum atomic E-state index is 14.5. The summed E-state index contributed by atoms with van der Waals surface area (Å²) in [5.41, 5.74) is 4.15. The number of aryl methyl sites for hydroxylation is 2. The third-order valence-corrected chi connectivity index (χ3v) is 4.52. The highest BCUT2D eigenvalue weighted by Gasteiger charge is 2.17. The fraction of sp³-hybridized carbons (Fsp3) is 0.227. The Kier molecular flexibility index (Phi) is 5.61. The Balaban J connectivity index is 2.33. The summed E-state index contributed by atoms with van der Waals surface area (Å²) < 4.78 is 16.0. The van der Waals surface area contributed by atoms with Crippen molar-refractivity contribution in [1.29, 1.82) is 0 Å². The molecule has 0 bridgehead atoms. The van der Waals surface area contributed by atoms with E-state index in [-0.39, 0.29) is 27.9 Å². The van der Waals surface area contributed by atoms with Crippen LogP contribution in [0.4, 0.5) is 4.39 Å². The van der Waals surface area contributed by atoms with Crippen molar-refractivity contribution in [2.75, 3.05) is 0 Å². The number of rotatable bonds is 4. The van der Waals surface area contributed by atoms with Gasteiger partial charge in [0, 0.05) is 23.6 Å². The molecule has 0 fully saturated rings. The molecule has 3 rings (SSSR count). The van der Waals surface area contributed by atoms with Gasteiger partial charge in [0.2, 0.25) is 0 Å². The van der Waals surface area contributed by atoms with E-state index in [1.807, 2.05) is 45.9 Å². The minimum absolute atomic E-state index is 0.0456. The number of hydrogen-bond donors (Lipinski definition) is 2. The van der Waals surface area contributed by atoms with Crippen molar-refractivity contribution in [3.8, 4) is 5.69 Å². The largest absolute Gasteiger partial charge is 0.288 e. The van der Waals surface area contributed by atoms with E-state index in [1.165, 1.54) is 23.7 Å². The van der Waals surface area contributed by atoms with Gasteiger partial charge in [0.05, 0.1) is 16.6 Å². The summed E-state index contributed by atoms with van der Waals surface area (Å²) in [6, 6.07) is 8.38. The van der Waals surface area contributed by atoms with Gasteiger partial charge in [-0.15, -0.1) is 0 Å². The Morgan fingerprint density at radius 2 is 1.83 bits per heavy atom. The number of amides is 1. The van der Waals surface area contributed by atoms with Gasteiger partial charge in [0.1, 0.15) is 11.6 Å². The molecular formula is C22H22FN3O3. The van der Waals surface area contributed by atoms with Gasteiger partial charge < -0.3 is 0 Å². The van der Waals surface area contributed by atoms with Crippen LogP contribution in [-0.2, 0) is 4.79 Å². The van der Waals surface area contributed by atoms with Gasteiger partial charge in [-0.25, -0.2) is 14.9 Å². The van der Waals surface area contributed by atoms with E-state index in [1.54, 1.807) is 4.57 Å². The molecule has 0 unspecified atom stereocenters. The summed E-state index contributed by atoms with van der Waals surface area (Å²) >= 11 is 0. The van der Waals surface area contributed by atoms with Crippen LogP contribution in [-0.4, -0.2) is 20.7 Å². The number of hydroxylamine groups is 1. The van der Waals surface area contributed by atoms with E-state index in [9.17, 15) is 14.0 Å². The molecular weight excluding hydrogens is 373 g/mol. The van der Waals surface area contributed by atoms with E-state index in [4.69, 9.17) is 5.21 Å². The first-order chi connectivity index (χ1) is 13.7. The lowest BCUT2D eigenvalue weighted by Crippen LogP contribution is -2.25. The first-order valence-electron chi connectivity index (χ1n) is 9.18. The molecule has 6 nitrogen and oxygen atoms in total. The van der Waals surface area contributed by atoms with Crippen molar-refractivity contribution >= 4 is 22.9 Å². The average molecular weight is 395 g/mol. The minimum Gasteiger partial charge on any atom is -0.288 e.